The second-order valence-corrected chi connectivity index (χ2v) is 9.97. The van der Waals surface area contributed by atoms with Crippen LogP contribution in [0.1, 0.15) is 22.3 Å². The van der Waals surface area contributed by atoms with E-state index >= 15 is 0 Å². The summed E-state index contributed by atoms with van der Waals surface area (Å²) in [7, 11) is -2.80. The maximum Gasteiger partial charge on any atom is 0.416 e. The number of hydrogen-bond acceptors (Lipinski definition) is 3. The molecule has 0 aliphatic heterocycles. The number of aryl methyl sites for hydroxylation is 2. The Hall–Kier alpha value is -3.33. The molecule has 0 N–H and O–H groups in total. The minimum absolute atomic E-state index is 0.121. The highest BCUT2D eigenvalue weighted by atomic mass is 32.2. The van der Waals surface area contributed by atoms with Gasteiger partial charge in [-0.2, -0.15) is 13.2 Å². The standard InChI is InChI=1S/C25H25F3N2O3S/c1-18-7-11-20(12-8-18)16-29(3)24(31)17-30(22-6-4-5-21(15-22)25(26,27)28)34(32,33)23-13-9-19(2)10-14-23/h4-15H,16-17H2,1-3H3. The van der Waals surface area contributed by atoms with Crippen LogP contribution in [0.5, 0.6) is 0 Å². The van der Waals surface area contributed by atoms with E-state index in [0.717, 1.165) is 39.2 Å². The molecule has 0 atom stereocenters. The van der Waals surface area contributed by atoms with Crippen LogP contribution in [0.4, 0.5) is 18.9 Å². The number of likely N-dealkylation sites (N-methyl/N-ethyl adjacent to an activating group) is 1. The van der Waals surface area contributed by atoms with Gasteiger partial charge >= 0.3 is 6.18 Å². The van der Waals surface area contributed by atoms with Gasteiger partial charge in [-0.05, 0) is 49.7 Å². The van der Waals surface area contributed by atoms with Crippen molar-refractivity contribution in [2.45, 2.75) is 31.5 Å². The molecule has 0 bridgehead atoms. The number of anilines is 1. The average Bonchev–Trinajstić information content (AvgIpc) is 2.78. The lowest BCUT2D eigenvalue weighted by atomic mass is 10.1. The van der Waals surface area contributed by atoms with Crippen LogP contribution in [0.25, 0.3) is 0 Å². The molecule has 0 aromatic heterocycles. The molecule has 5 nitrogen and oxygen atoms in total. The highest BCUT2D eigenvalue weighted by Crippen LogP contribution is 2.33. The fraction of sp³-hybridized carbons (Fsp3) is 0.240. The van der Waals surface area contributed by atoms with Crippen molar-refractivity contribution >= 4 is 21.6 Å². The Morgan fingerprint density at radius 3 is 2.00 bits per heavy atom. The Labute approximate surface area is 197 Å². The molecule has 0 heterocycles. The van der Waals surface area contributed by atoms with Crippen molar-refractivity contribution in [2.75, 3.05) is 17.9 Å². The Balaban J connectivity index is 1.97. The number of nitrogens with zero attached hydrogens (tertiary/aromatic N) is 2. The molecule has 3 rings (SSSR count). The summed E-state index contributed by atoms with van der Waals surface area (Å²) >= 11 is 0. The van der Waals surface area contributed by atoms with Gasteiger partial charge in [-0.15, -0.1) is 0 Å². The summed E-state index contributed by atoms with van der Waals surface area (Å²) in [5, 5.41) is 0. The second kappa shape index (κ2) is 9.89. The molecule has 3 aromatic rings. The van der Waals surface area contributed by atoms with E-state index in [-0.39, 0.29) is 17.1 Å². The van der Waals surface area contributed by atoms with Crippen molar-refractivity contribution in [3.8, 4) is 0 Å². The van der Waals surface area contributed by atoms with Gasteiger partial charge < -0.3 is 4.90 Å². The van der Waals surface area contributed by atoms with Gasteiger partial charge in [0.1, 0.15) is 6.54 Å². The van der Waals surface area contributed by atoms with E-state index in [1.54, 1.807) is 19.1 Å². The molecule has 0 radical (unpaired) electrons. The summed E-state index contributed by atoms with van der Waals surface area (Å²) in [4.78, 5) is 14.2. The van der Waals surface area contributed by atoms with Gasteiger partial charge in [-0.3, -0.25) is 9.10 Å². The molecule has 0 fully saturated rings. The molecule has 1 amide bonds. The first kappa shape index (κ1) is 25.3. The van der Waals surface area contributed by atoms with E-state index < -0.39 is 34.2 Å². The third-order valence-corrected chi connectivity index (χ3v) is 7.10. The predicted molar refractivity (Wildman–Crippen MR) is 125 cm³/mol. The number of benzene rings is 3. The van der Waals surface area contributed by atoms with Gasteiger partial charge in [-0.1, -0.05) is 53.6 Å². The number of rotatable bonds is 7. The van der Waals surface area contributed by atoms with Crippen molar-refractivity contribution in [3.05, 3.63) is 95.1 Å². The van der Waals surface area contributed by atoms with Gasteiger partial charge in [0.25, 0.3) is 10.0 Å². The number of hydrogen-bond donors (Lipinski definition) is 0. The van der Waals surface area contributed by atoms with Crippen LogP contribution in [0, 0.1) is 13.8 Å². The molecule has 0 aliphatic rings. The fourth-order valence-corrected chi connectivity index (χ4v) is 4.69. The molecule has 0 saturated carbocycles. The van der Waals surface area contributed by atoms with E-state index in [9.17, 15) is 26.4 Å². The molecule has 9 heteroatoms. The fourth-order valence-electron chi connectivity index (χ4n) is 3.29. The minimum atomic E-state index is -4.67. The Morgan fingerprint density at radius 1 is 0.882 bits per heavy atom. The van der Waals surface area contributed by atoms with Crippen LogP contribution in [0.3, 0.4) is 0 Å². The summed E-state index contributed by atoms with van der Waals surface area (Å²) in [6.45, 7) is 3.28. The highest BCUT2D eigenvalue weighted by Gasteiger charge is 2.33. The van der Waals surface area contributed by atoms with E-state index in [1.165, 1.54) is 30.1 Å². The Morgan fingerprint density at radius 2 is 1.44 bits per heavy atom. The van der Waals surface area contributed by atoms with Gasteiger partial charge in [0, 0.05) is 13.6 Å². The Bertz CT molecular complexity index is 1260. The summed E-state index contributed by atoms with van der Waals surface area (Å²) in [5.74, 6) is -0.561. The summed E-state index contributed by atoms with van der Waals surface area (Å²) < 4.78 is 67.5. The monoisotopic (exact) mass is 490 g/mol. The van der Waals surface area contributed by atoms with Crippen LogP contribution >= 0.6 is 0 Å². The summed E-state index contributed by atoms with van der Waals surface area (Å²) in [6.07, 6.45) is -4.67. The number of alkyl halides is 3. The van der Waals surface area contributed by atoms with Crippen LogP contribution in [-0.4, -0.2) is 32.8 Å². The topological polar surface area (TPSA) is 57.7 Å². The molecule has 0 spiro atoms. The van der Waals surface area contributed by atoms with Crippen LogP contribution in [0.15, 0.2) is 77.7 Å². The number of carbonyl (C=O) groups is 1. The van der Waals surface area contributed by atoms with Gasteiger partial charge in [0.05, 0.1) is 16.1 Å². The lowest BCUT2D eigenvalue weighted by Crippen LogP contribution is -2.41. The van der Waals surface area contributed by atoms with E-state index in [2.05, 4.69) is 0 Å². The zero-order valence-corrected chi connectivity index (χ0v) is 19.8. The minimum Gasteiger partial charge on any atom is -0.340 e. The van der Waals surface area contributed by atoms with Crippen molar-refractivity contribution in [3.63, 3.8) is 0 Å². The largest absolute Gasteiger partial charge is 0.416 e. The van der Waals surface area contributed by atoms with Crippen LogP contribution in [0.2, 0.25) is 0 Å². The molecular weight excluding hydrogens is 465 g/mol. The number of carbonyl (C=O) groups excluding carboxylic acids is 1. The molecule has 0 aliphatic carbocycles. The number of amides is 1. The zero-order valence-electron chi connectivity index (χ0n) is 19.0. The summed E-state index contributed by atoms with van der Waals surface area (Å²) in [5.41, 5.74) is 1.46. The first-order chi connectivity index (χ1) is 15.9. The van der Waals surface area contributed by atoms with Gasteiger partial charge in [-0.25, -0.2) is 8.42 Å². The quantitative estimate of drug-likeness (QED) is 0.459. The SMILES string of the molecule is Cc1ccc(CN(C)C(=O)CN(c2cccc(C(F)(F)F)c2)S(=O)(=O)c2ccc(C)cc2)cc1. The van der Waals surface area contributed by atoms with Crippen molar-refractivity contribution in [1.82, 2.24) is 4.90 Å². The van der Waals surface area contributed by atoms with E-state index in [0.29, 0.717) is 0 Å². The number of halogens is 3. The maximum absolute atomic E-state index is 13.4. The van der Waals surface area contributed by atoms with Crippen molar-refractivity contribution in [2.24, 2.45) is 0 Å². The first-order valence-electron chi connectivity index (χ1n) is 10.4. The van der Waals surface area contributed by atoms with E-state index in [1.807, 2.05) is 31.2 Å². The van der Waals surface area contributed by atoms with E-state index in [4.69, 9.17) is 0 Å². The normalized spacial score (nSPS) is 11.8. The molecular formula is C25H25F3N2O3S. The molecule has 0 saturated heterocycles. The highest BCUT2D eigenvalue weighted by molar-refractivity contribution is 7.92. The average molecular weight is 491 g/mol. The number of sulfonamides is 1. The molecule has 3 aromatic carbocycles. The third kappa shape index (κ3) is 5.96. The molecule has 34 heavy (non-hydrogen) atoms. The zero-order chi connectivity index (χ0) is 25.1. The van der Waals surface area contributed by atoms with Crippen molar-refractivity contribution < 1.29 is 26.4 Å². The first-order valence-corrected chi connectivity index (χ1v) is 11.9. The lowest BCUT2D eigenvalue weighted by molar-refractivity contribution is -0.137. The predicted octanol–water partition coefficient (Wildman–Crippen LogP) is 5.18. The third-order valence-electron chi connectivity index (χ3n) is 5.32. The van der Waals surface area contributed by atoms with Gasteiger partial charge in [0.15, 0.2) is 0 Å². The maximum atomic E-state index is 13.4. The second-order valence-electron chi connectivity index (χ2n) is 8.11. The van der Waals surface area contributed by atoms with Gasteiger partial charge in [0.2, 0.25) is 5.91 Å². The Kier molecular flexibility index (Phi) is 7.35. The summed E-state index contributed by atoms with van der Waals surface area (Å²) in [6, 6.07) is 17.4. The lowest BCUT2D eigenvalue weighted by Gasteiger charge is -2.27. The van der Waals surface area contributed by atoms with Crippen LogP contribution < -0.4 is 4.31 Å². The van der Waals surface area contributed by atoms with Crippen molar-refractivity contribution in [1.29, 1.82) is 0 Å². The van der Waals surface area contributed by atoms with Crippen LogP contribution in [-0.2, 0) is 27.5 Å². The molecule has 180 valence electrons. The smallest absolute Gasteiger partial charge is 0.340 e. The molecule has 0 unspecified atom stereocenters.